The third kappa shape index (κ3) is 4.39. The van der Waals surface area contributed by atoms with Crippen LogP contribution in [-0.4, -0.2) is 18.1 Å². The van der Waals surface area contributed by atoms with Gasteiger partial charge in [-0.2, -0.15) is 0 Å². The number of piperidine rings is 1. The van der Waals surface area contributed by atoms with Crippen molar-refractivity contribution in [3.8, 4) is 11.8 Å². The molecule has 2 unspecified atom stereocenters. The van der Waals surface area contributed by atoms with E-state index in [0.29, 0.717) is 5.92 Å². The van der Waals surface area contributed by atoms with E-state index in [4.69, 9.17) is 0 Å². The summed E-state index contributed by atoms with van der Waals surface area (Å²) in [6, 6.07) is 12.5. The summed E-state index contributed by atoms with van der Waals surface area (Å²) in [5, 5.41) is 0. The quantitative estimate of drug-likeness (QED) is 0.668. The average Bonchev–Trinajstić information content (AvgIpc) is 3.25. The highest BCUT2D eigenvalue weighted by Gasteiger charge is 2.59. The van der Waals surface area contributed by atoms with Crippen LogP contribution >= 0.6 is 0 Å². The highest BCUT2D eigenvalue weighted by Crippen LogP contribution is 2.57. The molecule has 1 aliphatic heterocycles. The van der Waals surface area contributed by atoms with E-state index < -0.39 is 0 Å². The summed E-state index contributed by atoms with van der Waals surface area (Å²) in [5.74, 6) is 7.08. The Labute approximate surface area is 151 Å². The van der Waals surface area contributed by atoms with Crippen molar-refractivity contribution in [2.45, 2.75) is 34.1 Å². The van der Waals surface area contributed by atoms with Crippen LogP contribution in [0, 0.1) is 29.0 Å². The molecule has 1 saturated heterocycles. The summed E-state index contributed by atoms with van der Waals surface area (Å²) in [6.45, 7) is 9.95. The lowest BCUT2D eigenvalue weighted by molar-refractivity contribution is 0.627. The maximum absolute atomic E-state index is 13.0. The molecule has 0 spiro atoms. The van der Waals surface area contributed by atoms with Gasteiger partial charge < -0.3 is 4.90 Å². The predicted octanol–water partition coefficient (Wildman–Crippen LogP) is 5.15. The minimum absolute atomic E-state index is 0.117. The van der Waals surface area contributed by atoms with Crippen molar-refractivity contribution >= 4 is 5.69 Å². The van der Waals surface area contributed by atoms with Crippen LogP contribution in [0.3, 0.4) is 0 Å². The largest absolute Gasteiger partial charge is 0.370 e. The maximum atomic E-state index is 13.0. The summed E-state index contributed by atoms with van der Waals surface area (Å²) in [4.78, 5) is 6.55. The third-order valence-corrected chi connectivity index (χ3v) is 4.44. The Kier molecular flexibility index (Phi) is 6.58. The van der Waals surface area contributed by atoms with Crippen molar-refractivity contribution in [2.75, 3.05) is 18.0 Å². The van der Waals surface area contributed by atoms with Gasteiger partial charge in [-0.3, -0.25) is 0 Å². The number of benzene rings is 1. The first-order valence-electron chi connectivity index (χ1n) is 9.20. The molecule has 0 amide bonds. The van der Waals surface area contributed by atoms with Gasteiger partial charge in [0.05, 0.1) is 5.41 Å². The zero-order valence-electron chi connectivity index (χ0n) is 15.6. The van der Waals surface area contributed by atoms with Crippen LogP contribution in [0.1, 0.15) is 39.8 Å². The number of aromatic nitrogens is 1. The summed E-state index contributed by atoms with van der Waals surface area (Å²) < 4.78 is 13.0. The molecule has 1 aromatic carbocycles. The summed E-state index contributed by atoms with van der Waals surface area (Å²) >= 11 is 0. The molecule has 0 radical (unpaired) electrons. The first-order chi connectivity index (χ1) is 12.3. The van der Waals surface area contributed by atoms with Gasteiger partial charge in [-0.25, -0.2) is 9.37 Å². The Morgan fingerprint density at radius 2 is 1.80 bits per heavy atom. The number of hydrogen-bond donors (Lipinski definition) is 0. The molecule has 0 N–H and O–H groups in total. The Morgan fingerprint density at radius 1 is 1.08 bits per heavy atom. The van der Waals surface area contributed by atoms with E-state index in [2.05, 4.69) is 21.7 Å². The van der Waals surface area contributed by atoms with Crippen LogP contribution in [-0.2, 0) is 0 Å². The second-order valence-electron chi connectivity index (χ2n) is 5.88. The fourth-order valence-corrected chi connectivity index (χ4v) is 3.15. The van der Waals surface area contributed by atoms with Gasteiger partial charge in [0.25, 0.3) is 0 Å². The number of halogens is 1. The van der Waals surface area contributed by atoms with Crippen LogP contribution in [0.2, 0.25) is 0 Å². The van der Waals surface area contributed by atoms with Crippen molar-refractivity contribution in [3.05, 3.63) is 60.2 Å². The zero-order valence-corrected chi connectivity index (χ0v) is 15.6. The lowest BCUT2D eigenvalue weighted by atomic mass is 10.1. The van der Waals surface area contributed by atoms with Crippen LogP contribution < -0.4 is 4.90 Å². The SMILES string of the molecule is CC.CC.Fc1ccc(N2CC3CC3(C#Cc3ccccn3)C2)cc1. The minimum atomic E-state index is -0.187. The molecule has 2 atom stereocenters. The molecular weight excluding hydrogens is 311 g/mol. The highest BCUT2D eigenvalue weighted by atomic mass is 19.1. The molecule has 132 valence electrons. The number of nitrogens with zero attached hydrogens (tertiary/aromatic N) is 2. The summed E-state index contributed by atoms with van der Waals surface area (Å²) in [6.07, 6.45) is 2.94. The molecule has 2 nitrogen and oxygen atoms in total. The first kappa shape index (κ1) is 19.0. The molecule has 2 heterocycles. The number of pyridine rings is 1. The van der Waals surface area contributed by atoms with Crippen molar-refractivity contribution in [3.63, 3.8) is 0 Å². The summed E-state index contributed by atoms with van der Waals surface area (Å²) in [5.41, 5.74) is 2.03. The Morgan fingerprint density at radius 3 is 2.44 bits per heavy atom. The van der Waals surface area contributed by atoms with Gasteiger partial charge in [0.15, 0.2) is 0 Å². The molecule has 2 aliphatic rings. The number of fused-ring (bicyclic) bond motifs is 1. The normalized spacial score (nSPS) is 22.3. The van der Waals surface area contributed by atoms with Gasteiger partial charge in [-0.15, -0.1) is 0 Å². The highest BCUT2D eigenvalue weighted by molar-refractivity contribution is 5.52. The van der Waals surface area contributed by atoms with Gasteiger partial charge in [0.1, 0.15) is 11.5 Å². The standard InChI is InChI=1S/C18H15FN2.2C2H6/c19-15-4-6-17(7-5-15)21-12-14-11-18(14,13-21)9-8-16-3-1-2-10-20-16;2*1-2/h1-7,10,14H,11-13H2;2*1-2H3. The van der Waals surface area contributed by atoms with Crippen molar-refractivity contribution in [1.29, 1.82) is 0 Å². The topological polar surface area (TPSA) is 16.1 Å². The van der Waals surface area contributed by atoms with Crippen LogP contribution in [0.5, 0.6) is 0 Å². The minimum Gasteiger partial charge on any atom is -0.370 e. The van der Waals surface area contributed by atoms with Gasteiger partial charge in [-0.1, -0.05) is 39.7 Å². The van der Waals surface area contributed by atoms with E-state index in [1.165, 1.54) is 18.6 Å². The van der Waals surface area contributed by atoms with E-state index in [0.717, 1.165) is 24.5 Å². The van der Waals surface area contributed by atoms with E-state index >= 15 is 0 Å². The molecule has 1 aromatic heterocycles. The summed E-state index contributed by atoms with van der Waals surface area (Å²) in [7, 11) is 0. The predicted molar refractivity (Wildman–Crippen MR) is 103 cm³/mol. The zero-order chi connectivity index (χ0) is 18.3. The molecule has 0 bridgehead atoms. The Balaban J connectivity index is 0.000000528. The smallest absolute Gasteiger partial charge is 0.123 e. The molecule has 1 aliphatic carbocycles. The molecule has 4 rings (SSSR count). The van der Waals surface area contributed by atoms with Crippen LogP contribution in [0.25, 0.3) is 0 Å². The van der Waals surface area contributed by atoms with E-state index in [1.54, 1.807) is 6.20 Å². The van der Waals surface area contributed by atoms with Crippen molar-refractivity contribution < 1.29 is 4.39 Å². The van der Waals surface area contributed by atoms with Gasteiger partial charge in [0, 0.05) is 25.0 Å². The van der Waals surface area contributed by atoms with Crippen molar-refractivity contribution in [1.82, 2.24) is 4.98 Å². The lowest BCUT2D eigenvalue weighted by Crippen LogP contribution is -2.24. The van der Waals surface area contributed by atoms with E-state index in [-0.39, 0.29) is 11.2 Å². The van der Waals surface area contributed by atoms with Gasteiger partial charge >= 0.3 is 0 Å². The van der Waals surface area contributed by atoms with E-state index in [1.807, 2.05) is 58.0 Å². The Hall–Kier alpha value is -2.34. The first-order valence-corrected chi connectivity index (χ1v) is 9.20. The second-order valence-corrected chi connectivity index (χ2v) is 5.88. The van der Waals surface area contributed by atoms with Crippen LogP contribution in [0.15, 0.2) is 48.7 Å². The second kappa shape index (κ2) is 8.67. The van der Waals surface area contributed by atoms with Gasteiger partial charge in [0.2, 0.25) is 0 Å². The fraction of sp³-hybridized carbons (Fsp3) is 0.409. The molecular formula is C22H27FN2. The molecule has 1 saturated carbocycles. The van der Waals surface area contributed by atoms with Gasteiger partial charge in [-0.05, 0) is 54.7 Å². The lowest BCUT2D eigenvalue weighted by Gasteiger charge is -2.21. The Bertz CT molecular complexity index is 715. The van der Waals surface area contributed by atoms with Crippen molar-refractivity contribution in [2.24, 2.45) is 11.3 Å². The van der Waals surface area contributed by atoms with E-state index in [9.17, 15) is 4.39 Å². The van der Waals surface area contributed by atoms with Crippen LogP contribution in [0.4, 0.5) is 10.1 Å². The maximum Gasteiger partial charge on any atom is 0.123 e. The monoisotopic (exact) mass is 338 g/mol. The number of anilines is 1. The number of hydrogen-bond acceptors (Lipinski definition) is 2. The fourth-order valence-electron chi connectivity index (χ4n) is 3.15. The molecule has 2 fully saturated rings. The third-order valence-electron chi connectivity index (χ3n) is 4.44. The molecule has 2 aromatic rings. The number of rotatable bonds is 1. The molecule has 3 heteroatoms. The average molecular weight is 338 g/mol. The molecule has 25 heavy (non-hydrogen) atoms.